The van der Waals surface area contributed by atoms with E-state index in [4.69, 9.17) is 0 Å². The highest BCUT2D eigenvalue weighted by Gasteiger charge is 2.00. The summed E-state index contributed by atoms with van der Waals surface area (Å²) in [6, 6.07) is 0. The number of aliphatic hydroxyl groups excluding tert-OH is 1. The summed E-state index contributed by atoms with van der Waals surface area (Å²) in [5.74, 6) is 0.544. The molecule has 0 radical (unpaired) electrons. The van der Waals surface area contributed by atoms with E-state index in [1.807, 2.05) is 12.5 Å². The van der Waals surface area contributed by atoms with Crippen molar-refractivity contribution in [2.45, 2.75) is 19.8 Å². The van der Waals surface area contributed by atoms with Crippen LogP contribution in [0.4, 0.5) is 0 Å². The molecule has 60 valence electrons. The molecular formula is C7H14OS2. The Labute approximate surface area is 71.3 Å². The fourth-order valence-electron chi connectivity index (χ4n) is 0.658. The molecule has 0 aliphatic carbocycles. The number of thioether (sulfide) groups is 2. The van der Waals surface area contributed by atoms with E-state index in [1.54, 1.807) is 23.5 Å². The maximum absolute atomic E-state index is 9.35. The second-order valence-electron chi connectivity index (χ2n) is 1.89. The summed E-state index contributed by atoms with van der Waals surface area (Å²) in [4.78, 5) is 0. The Kier molecular flexibility index (Phi) is 6.13. The number of aliphatic hydroxyl groups is 1. The van der Waals surface area contributed by atoms with Crippen molar-refractivity contribution in [1.82, 2.24) is 0 Å². The zero-order valence-corrected chi connectivity index (χ0v) is 8.31. The maximum Gasteiger partial charge on any atom is 0.112 e. The van der Waals surface area contributed by atoms with Crippen molar-refractivity contribution in [3.63, 3.8) is 0 Å². The lowest BCUT2D eigenvalue weighted by atomic mass is 10.3. The summed E-state index contributed by atoms with van der Waals surface area (Å²) in [6.07, 6.45) is 5.78. The van der Waals surface area contributed by atoms with E-state index in [0.29, 0.717) is 5.76 Å². The van der Waals surface area contributed by atoms with Crippen molar-refractivity contribution in [1.29, 1.82) is 0 Å². The van der Waals surface area contributed by atoms with E-state index in [-0.39, 0.29) is 0 Å². The van der Waals surface area contributed by atoms with Gasteiger partial charge in [-0.25, -0.2) is 0 Å². The Morgan fingerprint density at radius 3 is 2.10 bits per heavy atom. The molecule has 0 aromatic carbocycles. The van der Waals surface area contributed by atoms with Gasteiger partial charge in [-0.1, -0.05) is 6.92 Å². The minimum Gasteiger partial charge on any atom is -0.511 e. The third-order valence-corrected chi connectivity index (χ3v) is 3.31. The average Bonchev–Trinajstić information content (AvgIpc) is 1.91. The lowest BCUT2D eigenvalue weighted by Gasteiger charge is -2.02. The highest BCUT2D eigenvalue weighted by Crippen LogP contribution is 2.27. The molecule has 0 heterocycles. The van der Waals surface area contributed by atoms with Crippen molar-refractivity contribution in [2.24, 2.45) is 0 Å². The van der Waals surface area contributed by atoms with Crippen LogP contribution in [0.2, 0.25) is 0 Å². The van der Waals surface area contributed by atoms with Crippen LogP contribution in [0, 0.1) is 0 Å². The zero-order valence-electron chi connectivity index (χ0n) is 6.68. The molecule has 1 nitrogen and oxygen atoms in total. The summed E-state index contributed by atoms with van der Waals surface area (Å²) >= 11 is 3.22. The predicted octanol–water partition coefficient (Wildman–Crippen LogP) is 3.24. The minimum absolute atomic E-state index is 0.544. The van der Waals surface area contributed by atoms with Crippen LogP contribution in [0.25, 0.3) is 0 Å². The molecule has 0 rings (SSSR count). The Hall–Kier alpha value is 0.240. The molecule has 0 bridgehead atoms. The molecule has 0 spiro atoms. The molecule has 0 atom stereocenters. The van der Waals surface area contributed by atoms with Crippen molar-refractivity contribution in [2.75, 3.05) is 12.5 Å². The highest BCUT2D eigenvalue weighted by atomic mass is 32.2. The monoisotopic (exact) mass is 178 g/mol. The molecule has 0 saturated carbocycles. The molecule has 0 aromatic rings. The maximum atomic E-state index is 9.35. The van der Waals surface area contributed by atoms with Crippen LogP contribution in [0.5, 0.6) is 0 Å². The fraction of sp³-hybridized carbons (Fsp3) is 0.714. The van der Waals surface area contributed by atoms with Crippen LogP contribution >= 0.6 is 23.5 Å². The first-order valence-corrected chi connectivity index (χ1v) is 5.71. The average molecular weight is 178 g/mol. The zero-order chi connectivity index (χ0) is 7.98. The summed E-state index contributed by atoms with van der Waals surface area (Å²) < 4.78 is 1.04. The normalized spacial score (nSPS) is 9.50. The summed E-state index contributed by atoms with van der Waals surface area (Å²) in [7, 11) is 0. The van der Waals surface area contributed by atoms with Gasteiger partial charge in [0, 0.05) is 6.42 Å². The third-order valence-electron chi connectivity index (χ3n) is 1.09. The van der Waals surface area contributed by atoms with E-state index in [2.05, 4.69) is 6.92 Å². The van der Waals surface area contributed by atoms with Crippen LogP contribution in [0.1, 0.15) is 19.8 Å². The van der Waals surface area contributed by atoms with Crippen molar-refractivity contribution < 1.29 is 5.11 Å². The molecule has 0 amide bonds. The smallest absolute Gasteiger partial charge is 0.112 e. The quantitative estimate of drug-likeness (QED) is 0.667. The molecule has 1 N–H and O–H groups in total. The third kappa shape index (κ3) is 3.42. The Morgan fingerprint density at radius 1 is 1.30 bits per heavy atom. The second-order valence-corrected chi connectivity index (χ2v) is 3.78. The van der Waals surface area contributed by atoms with Gasteiger partial charge in [0.1, 0.15) is 5.76 Å². The first-order valence-electron chi connectivity index (χ1n) is 3.26. The van der Waals surface area contributed by atoms with Gasteiger partial charge in [0.2, 0.25) is 0 Å². The van der Waals surface area contributed by atoms with E-state index in [9.17, 15) is 5.11 Å². The molecule has 0 fully saturated rings. The van der Waals surface area contributed by atoms with E-state index in [1.165, 1.54) is 0 Å². The first-order chi connectivity index (χ1) is 4.76. The summed E-state index contributed by atoms with van der Waals surface area (Å²) in [6.45, 7) is 2.06. The van der Waals surface area contributed by atoms with Crippen LogP contribution in [0.15, 0.2) is 10.00 Å². The van der Waals surface area contributed by atoms with Crippen LogP contribution in [-0.2, 0) is 0 Å². The predicted molar refractivity (Wildman–Crippen MR) is 51.6 cm³/mol. The number of hydrogen-bond donors (Lipinski definition) is 1. The van der Waals surface area contributed by atoms with Gasteiger partial charge in [0.05, 0.1) is 4.24 Å². The van der Waals surface area contributed by atoms with Gasteiger partial charge in [0.15, 0.2) is 0 Å². The highest BCUT2D eigenvalue weighted by molar-refractivity contribution is 8.21. The Bertz CT molecular complexity index is 115. The molecule has 0 aliphatic heterocycles. The lowest BCUT2D eigenvalue weighted by Crippen LogP contribution is -1.82. The van der Waals surface area contributed by atoms with E-state index in [0.717, 1.165) is 17.1 Å². The number of allylic oxidation sites excluding steroid dienone is 1. The van der Waals surface area contributed by atoms with Crippen LogP contribution < -0.4 is 0 Å². The minimum atomic E-state index is 0.544. The van der Waals surface area contributed by atoms with E-state index < -0.39 is 0 Å². The number of hydrogen-bond acceptors (Lipinski definition) is 3. The largest absolute Gasteiger partial charge is 0.511 e. The van der Waals surface area contributed by atoms with Gasteiger partial charge in [-0.15, -0.1) is 23.5 Å². The second kappa shape index (κ2) is 5.98. The number of rotatable bonds is 4. The molecule has 0 aliphatic rings. The van der Waals surface area contributed by atoms with Crippen LogP contribution in [0.3, 0.4) is 0 Å². The fourth-order valence-corrected chi connectivity index (χ4v) is 2.00. The van der Waals surface area contributed by atoms with Crippen molar-refractivity contribution in [3.8, 4) is 0 Å². The van der Waals surface area contributed by atoms with Gasteiger partial charge >= 0.3 is 0 Å². The molecule has 10 heavy (non-hydrogen) atoms. The van der Waals surface area contributed by atoms with Gasteiger partial charge < -0.3 is 5.11 Å². The lowest BCUT2D eigenvalue weighted by molar-refractivity contribution is 0.387. The topological polar surface area (TPSA) is 20.2 Å². The van der Waals surface area contributed by atoms with Gasteiger partial charge in [0.25, 0.3) is 0 Å². The summed E-state index contributed by atoms with van der Waals surface area (Å²) in [5, 5.41) is 9.35. The molecule has 3 heteroatoms. The first kappa shape index (κ1) is 10.2. The molecule has 0 aromatic heterocycles. The molecule has 0 unspecified atom stereocenters. The van der Waals surface area contributed by atoms with Crippen molar-refractivity contribution in [3.05, 3.63) is 10.00 Å². The Morgan fingerprint density at radius 2 is 1.80 bits per heavy atom. The van der Waals surface area contributed by atoms with Crippen molar-refractivity contribution >= 4 is 23.5 Å². The summed E-state index contributed by atoms with van der Waals surface area (Å²) in [5.41, 5.74) is 0. The van der Waals surface area contributed by atoms with Gasteiger partial charge in [-0.3, -0.25) is 0 Å². The standard InChI is InChI=1S/C7H14OS2/c1-4-5-6(8)7(9-2)10-3/h8H,4-5H2,1-3H3. The van der Waals surface area contributed by atoms with Gasteiger partial charge in [-0.2, -0.15) is 0 Å². The van der Waals surface area contributed by atoms with Gasteiger partial charge in [-0.05, 0) is 18.9 Å². The molecular weight excluding hydrogens is 164 g/mol. The van der Waals surface area contributed by atoms with Crippen LogP contribution in [-0.4, -0.2) is 17.6 Å². The Balaban J connectivity index is 3.98. The SMILES string of the molecule is CCCC(O)=C(SC)SC. The van der Waals surface area contributed by atoms with E-state index >= 15 is 0 Å². The molecule has 0 saturated heterocycles.